The van der Waals surface area contributed by atoms with E-state index in [-0.39, 0.29) is 11.8 Å². The van der Waals surface area contributed by atoms with Crippen LogP contribution in [0, 0.1) is 5.92 Å². The van der Waals surface area contributed by atoms with E-state index >= 15 is 0 Å². The monoisotopic (exact) mass is 377 g/mol. The van der Waals surface area contributed by atoms with Crippen LogP contribution in [0.2, 0.25) is 5.02 Å². The molecule has 2 atom stereocenters. The normalized spacial score (nSPS) is 18.7. The van der Waals surface area contributed by atoms with Gasteiger partial charge in [0.05, 0.1) is 16.8 Å². The van der Waals surface area contributed by atoms with E-state index in [4.69, 9.17) is 17.3 Å². The first-order valence-electron chi connectivity index (χ1n) is 9.37. The van der Waals surface area contributed by atoms with Crippen LogP contribution in [0.25, 0.3) is 5.65 Å². The van der Waals surface area contributed by atoms with E-state index in [0.29, 0.717) is 5.02 Å². The molecule has 0 spiro atoms. The molecule has 7 heteroatoms. The zero-order chi connectivity index (χ0) is 18.7. The molecule has 0 radical (unpaired) electrons. The molecule has 2 unspecified atom stereocenters. The van der Waals surface area contributed by atoms with E-state index in [0.717, 1.165) is 56.9 Å². The van der Waals surface area contributed by atoms with Gasteiger partial charge in [-0.25, -0.2) is 4.98 Å². The summed E-state index contributed by atoms with van der Waals surface area (Å²) in [4.78, 5) is 21.6. The Bertz CT molecular complexity index is 761. The first-order valence-corrected chi connectivity index (χ1v) is 9.75. The molecule has 2 aromatic heterocycles. The van der Waals surface area contributed by atoms with Crippen LogP contribution in [-0.2, 0) is 11.3 Å². The van der Waals surface area contributed by atoms with Crippen molar-refractivity contribution in [2.75, 3.05) is 26.2 Å². The lowest BCUT2D eigenvalue weighted by atomic mass is 9.99. The van der Waals surface area contributed by atoms with Crippen molar-refractivity contribution in [2.45, 2.75) is 39.3 Å². The summed E-state index contributed by atoms with van der Waals surface area (Å²) >= 11 is 6.04. The van der Waals surface area contributed by atoms with Crippen molar-refractivity contribution in [3.63, 3.8) is 0 Å². The van der Waals surface area contributed by atoms with Gasteiger partial charge in [0.1, 0.15) is 5.65 Å². The van der Waals surface area contributed by atoms with Crippen LogP contribution < -0.4 is 5.73 Å². The molecule has 0 aliphatic carbocycles. The Hall–Kier alpha value is -1.63. The number of nitrogens with two attached hydrogens (primary N) is 1. The molecule has 2 N–H and O–H groups in total. The number of fused-ring (bicyclic) bond motifs is 1. The predicted octanol–water partition coefficient (Wildman–Crippen LogP) is 2.40. The third kappa shape index (κ3) is 4.37. The van der Waals surface area contributed by atoms with Crippen molar-refractivity contribution >= 4 is 23.2 Å². The molecule has 3 heterocycles. The van der Waals surface area contributed by atoms with Crippen LogP contribution >= 0.6 is 11.6 Å². The Morgan fingerprint density at radius 1 is 1.27 bits per heavy atom. The van der Waals surface area contributed by atoms with Crippen molar-refractivity contribution in [1.82, 2.24) is 19.2 Å². The fraction of sp³-hybridized carbons (Fsp3) is 0.579. The average molecular weight is 378 g/mol. The molecule has 1 fully saturated rings. The van der Waals surface area contributed by atoms with E-state index in [1.807, 2.05) is 40.8 Å². The quantitative estimate of drug-likeness (QED) is 0.868. The van der Waals surface area contributed by atoms with E-state index in [2.05, 4.69) is 16.8 Å². The lowest BCUT2D eigenvalue weighted by Gasteiger charge is -2.27. The Balaban J connectivity index is 1.60. The molecule has 26 heavy (non-hydrogen) atoms. The van der Waals surface area contributed by atoms with Crippen molar-refractivity contribution in [1.29, 1.82) is 0 Å². The second kappa shape index (κ2) is 8.37. The first kappa shape index (κ1) is 19.1. The van der Waals surface area contributed by atoms with E-state index in [1.54, 1.807) is 0 Å². The molecule has 0 bridgehead atoms. The summed E-state index contributed by atoms with van der Waals surface area (Å²) in [7, 11) is 0. The maximum atomic E-state index is 12.6. The maximum Gasteiger partial charge on any atom is 0.239 e. The summed E-state index contributed by atoms with van der Waals surface area (Å²) in [5.74, 6) is 0.301. The highest BCUT2D eigenvalue weighted by atomic mass is 35.5. The minimum Gasteiger partial charge on any atom is -0.340 e. The molecular formula is C19H28ClN5O. The lowest BCUT2D eigenvalue weighted by molar-refractivity contribution is -0.133. The van der Waals surface area contributed by atoms with Crippen LogP contribution in [-0.4, -0.2) is 57.3 Å². The Kier molecular flexibility index (Phi) is 6.16. The van der Waals surface area contributed by atoms with Gasteiger partial charge in [0.25, 0.3) is 0 Å². The molecule has 3 rings (SSSR count). The molecule has 0 saturated carbocycles. The molecule has 1 aliphatic rings. The topological polar surface area (TPSA) is 66.9 Å². The first-order chi connectivity index (χ1) is 12.5. The van der Waals surface area contributed by atoms with Crippen LogP contribution in [0.1, 0.15) is 32.4 Å². The number of amides is 1. The largest absolute Gasteiger partial charge is 0.340 e. The molecule has 1 aliphatic heterocycles. The summed E-state index contributed by atoms with van der Waals surface area (Å²) in [5.41, 5.74) is 8.05. The highest BCUT2D eigenvalue weighted by Crippen LogP contribution is 2.15. The van der Waals surface area contributed by atoms with Crippen LogP contribution in [0.5, 0.6) is 0 Å². The molecule has 6 nitrogen and oxygen atoms in total. The Morgan fingerprint density at radius 2 is 2.08 bits per heavy atom. The molecule has 0 aromatic carbocycles. The number of halogens is 1. The maximum absolute atomic E-state index is 12.6. The van der Waals surface area contributed by atoms with Gasteiger partial charge in [-0.3, -0.25) is 9.69 Å². The number of carbonyl (C=O) groups excluding carboxylic acids is 1. The molecular weight excluding hydrogens is 350 g/mol. The van der Waals surface area contributed by atoms with Gasteiger partial charge in [-0.05, 0) is 24.5 Å². The van der Waals surface area contributed by atoms with Crippen LogP contribution in [0.15, 0.2) is 24.5 Å². The lowest BCUT2D eigenvalue weighted by Crippen LogP contribution is -2.48. The molecule has 1 saturated heterocycles. The second-order valence-corrected chi connectivity index (χ2v) is 7.65. The van der Waals surface area contributed by atoms with Gasteiger partial charge in [-0.15, -0.1) is 0 Å². The number of nitrogens with zero attached hydrogens (tertiary/aromatic N) is 4. The summed E-state index contributed by atoms with van der Waals surface area (Å²) in [6.45, 7) is 8.19. The fourth-order valence-electron chi connectivity index (χ4n) is 3.38. The number of pyridine rings is 1. The van der Waals surface area contributed by atoms with Gasteiger partial charge in [0, 0.05) is 45.1 Å². The van der Waals surface area contributed by atoms with Gasteiger partial charge < -0.3 is 15.0 Å². The van der Waals surface area contributed by atoms with Crippen LogP contribution in [0.3, 0.4) is 0 Å². The second-order valence-electron chi connectivity index (χ2n) is 7.21. The fourth-order valence-corrected chi connectivity index (χ4v) is 3.55. The number of hydrogen-bond acceptors (Lipinski definition) is 4. The highest BCUT2D eigenvalue weighted by Gasteiger charge is 2.26. The van der Waals surface area contributed by atoms with E-state index in [9.17, 15) is 4.79 Å². The summed E-state index contributed by atoms with van der Waals surface area (Å²) in [6, 6.07) is 3.38. The number of imidazole rings is 1. The van der Waals surface area contributed by atoms with Crippen molar-refractivity contribution in [3.05, 3.63) is 35.2 Å². The Labute approximate surface area is 159 Å². The number of hydrogen-bond donors (Lipinski definition) is 1. The molecule has 2 aromatic rings. The van der Waals surface area contributed by atoms with Gasteiger partial charge in [0.15, 0.2) is 0 Å². The zero-order valence-corrected chi connectivity index (χ0v) is 16.3. The van der Waals surface area contributed by atoms with Gasteiger partial charge in [0.2, 0.25) is 5.91 Å². The third-order valence-electron chi connectivity index (χ3n) is 5.29. The van der Waals surface area contributed by atoms with E-state index < -0.39 is 6.04 Å². The predicted molar refractivity (Wildman–Crippen MR) is 104 cm³/mol. The summed E-state index contributed by atoms with van der Waals surface area (Å²) < 4.78 is 1.95. The third-order valence-corrected chi connectivity index (χ3v) is 5.52. The Morgan fingerprint density at radius 3 is 2.85 bits per heavy atom. The van der Waals surface area contributed by atoms with Crippen LogP contribution in [0.4, 0.5) is 0 Å². The average Bonchev–Trinajstić information content (AvgIpc) is 2.87. The van der Waals surface area contributed by atoms with E-state index in [1.165, 1.54) is 0 Å². The summed E-state index contributed by atoms with van der Waals surface area (Å²) in [6.07, 6.45) is 5.77. The van der Waals surface area contributed by atoms with Gasteiger partial charge in [-0.1, -0.05) is 31.9 Å². The SMILES string of the molecule is CCC(C)C(N)C(=O)N1CCCN(Cc2cn3cc(Cl)ccc3n2)CC1. The highest BCUT2D eigenvalue weighted by molar-refractivity contribution is 6.30. The minimum absolute atomic E-state index is 0.0866. The molecule has 142 valence electrons. The number of aromatic nitrogens is 2. The van der Waals surface area contributed by atoms with Gasteiger partial charge >= 0.3 is 0 Å². The van der Waals surface area contributed by atoms with Crippen molar-refractivity contribution in [3.8, 4) is 0 Å². The molecule has 1 amide bonds. The minimum atomic E-state index is -0.394. The number of rotatable bonds is 5. The van der Waals surface area contributed by atoms with Crippen molar-refractivity contribution < 1.29 is 4.79 Å². The summed E-state index contributed by atoms with van der Waals surface area (Å²) in [5, 5.41) is 0.697. The number of carbonyl (C=O) groups is 1. The van der Waals surface area contributed by atoms with Gasteiger partial charge in [-0.2, -0.15) is 0 Å². The smallest absolute Gasteiger partial charge is 0.239 e. The standard InChI is InChI=1S/C19H28ClN5O/c1-3-14(2)18(21)19(26)24-8-4-7-23(9-10-24)12-16-13-25-11-15(20)5-6-17(25)22-16/h5-6,11,13-14,18H,3-4,7-10,12,21H2,1-2H3. The zero-order valence-electron chi connectivity index (χ0n) is 15.6. The van der Waals surface area contributed by atoms with Crippen molar-refractivity contribution in [2.24, 2.45) is 11.7 Å².